The molecule has 1 aromatic carbocycles. The molecule has 0 unspecified atom stereocenters. The zero-order valence-electron chi connectivity index (χ0n) is 16.1. The zero-order valence-corrected chi connectivity index (χ0v) is 16.1. The van der Waals surface area contributed by atoms with Gasteiger partial charge in [-0.3, -0.25) is 9.59 Å². The van der Waals surface area contributed by atoms with Crippen molar-refractivity contribution in [3.05, 3.63) is 22.3 Å². The molecule has 0 aromatic heterocycles. The van der Waals surface area contributed by atoms with Crippen LogP contribution < -0.4 is 9.47 Å². The SMILES string of the molecule is COC(=O)CC[C@]1(C)CCc2c(C)c(OCC(C)=O)c(C)c(C)c2O1. The van der Waals surface area contributed by atoms with Crippen molar-refractivity contribution in [2.45, 2.75) is 65.9 Å². The van der Waals surface area contributed by atoms with Crippen LogP contribution in [0.1, 0.15) is 55.4 Å². The highest BCUT2D eigenvalue weighted by atomic mass is 16.5. The molecule has 0 aliphatic carbocycles. The van der Waals surface area contributed by atoms with Gasteiger partial charge < -0.3 is 14.2 Å². The molecule has 1 heterocycles. The summed E-state index contributed by atoms with van der Waals surface area (Å²) in [4.78, 5) is 22.7. The Morgan fingerprint density at radius 2 is 1.84 bits per heavy atom. The minimum atomic E-state index is -0.382. The number of ketones is 1. The summed E-state index contributed by atoms with van der Waals surface area (Å²) in [7, 11) is 1.40. The summed E-state index contributed by atoms with van der Waals surface area (Å²) < 4.78 is 16.9. The van der Waals surface area contributed by atoms with Gasteiger partial charge in [-0.1, -0.05) is 0 Å². The molecule has 5 nitrogen and oxygen atoms in total. The van der Waals surface area contributed by atoms with Gasteiger partial charge in [0.15, 0.2) is 5.78 Å². The molecule has 1 aliphatic heterocycles. The predicted octanol–water partition coefficient (Wildman–Crippen LogP) is 3.62. The summed E-state index contributed by atoms with van der Waals surface area (Å²) in [5.74, 6) is 1.46. The lowest BCUT2D eigenvalue weighted by atomic mass is 9.85. The standard InChI is InChI=1S/C20H28O5/c1-12(21)11-24-18-13(2)14(3)19-16(15(18)4)7-9-20(5,25-19)10-8-17(22)23-6/h7-11H2,1-6H3/t20-/m0/s1. The minimum absolute atomic E-state index is 0.000749. The number of carbonyl (C=O) groups excluding carboxylic acids is 2. The average molecular weight is 348 g/mol. The number of carbonyl (C=O) groups is 2. The van der Waals surface area contributed by atoms with E-state index in [0.29, 0.717) is 12.8 Å². The van der Waals surface area contributed by atoms with E-state index in [0.717, 1.165) is 46.6 Å². The van der Waals surface area contributed by atoms with Crippen LogP contribution in [0.4, 0.5) is 0 Å². The number of benzene rings is 1. The normalized spacial score (nSPS) is 19.0. The van der Waals surface area contributed by atoms with Gasteiger partial charge in [-0.15, -0.1) is 0 Å². The second kappa shape index (κ2) is 7.46. The van der Waals surface area contributed by atoms with Crippen LogP contribution in [-0.2, 0) is 20.7 Å². The number of hydrogen-bond donors (Lipinski definition) is 0. The van der Waals surface area contributed by atoms with Crippen LogP contribution in [-0.4, -0.2) is 31.1 Å². The van der Waals surface area contributed by atoms with Gasteiger partial charge in [0, 0.05) is 12.0 Å². The lowest BCUT2D eigenvalue weighted by Crippen LogP contribution is -2.37. The third-order valence-corrected chi connectivity index (χ3v) is 5.07. The molecule has 1 aromatic rings. The first-order valence-electron chi connectivity index (χ1n) is 8.69. The molecule has 138 valence electrons. The van der Waals surface area contributed by atoms with E-state index in [1.807, 2.05) is 27.7 Å². The molecule has 0 radical (unpaired) electrons. The maximum absolute atomic E-state index is 11.5. The van der Waals surface area contributed by atoms with E-state index in [9.17, 15) is 9.59 Å². The molecule has 25 heavy (non-hydrogen) atoms. The van der Waals surface area contributed by atoms with Crippen molar-refractivity contribution >= 4 is 11.8 Å². The molecule has 1 aliphatic rings. The molecule has 0 saturated heterocycles. The number of methoxy groups -OCH3 is 1. The van der Waals surface area contributed by atoms with E-state index in [-0.39, 0.29) is 24.0 Å². The van der Waals surface area contributed by atoms with Gasteiger partial charge in [-0.25, -0.2) is 0 Å². The molecule has 0 spiro atoms. The number of ether oxygens (including phenoxy) is 3. The smallest absolute Gasteiger partial charge is 0.305 e. The lowest BCUT2D eigenvalue weighted by Gasteiger charge is -2.38. The lowest BCUT2D eigenvalue weighted by molar-refractivity contribution is -0.141. The van der Waals surface area contributed by atoms with Gasteiger partial charge in [0.1, 0.15) is 23.7 Å². The van der Waals surface area contributed by atoms with Gasteiger partial charge in [0.25, 0.3) is 0 Å². The largest absolute Gasteiger partial charge is 0.487 e. The van der Waals surface area contributed by atoms with Crippen molar-refractivity contribution in [3.8, 4) is 11.5 Å². The van der Waals surface area contributed by atoms with Crippen LogP contribution in [0.15, 0.2) is 0 Å². The van der Waals surface area contributed by atoms with Gasteiger partial charge >= 0.3 is 5.97 Å². The summed E-state index contributed by atoms with van der Waals surface area (Å²) in [6, 6.07) is 0. The first-order chi connectivity index (χ1) is 11.7. The van der Waals surface area contributed by atoms with Crippen molar-refractivity contribution in [1.29, 1.82) is 0 Å². The maximum Gasteiger partial charge on any atom is 0.305 e. The molecule has 2 rings (SSSR count). The number of hydrogen-bond acceptors (Lipinski definition) is 5. The fourth-order valence-electron chi connectivity index (χ4n) is 3.32. The molecule has 0 fully saturated rings. The molecular formula is C20H28O5. The van der Waals surface area contributed by atoms with Gasteiger partial charge in [-0.2, -0.15) is 0 Å². The van der Waals surface area contributed by atoms with E-state index in [1.165, 1.54) is 14.0 Å². The van der Waals surface area contributed by atoms with Crippen LogP contribution >= 0.6 is 0 Å². The summed E-state index contributed by atoms with van der Waals surface area (Å²) in [5.41, 5.74) is 3.82. The fourth-order valence-corrected chi connectivity index (χ4v) is 3.32. The monoisotopic (exact) mass is 348 g/mol. The van der Waals surface area contributed by atoms with E-state index in [4.69, 9.17) is 14.2 Å². The quantitative estimate of drug-likeness (QED) is 0.735. The minimum Gasteiger partial charge on any atom is -0.487 e. The topological polar surface area (TPSA) is 61.8 Å². The van der Waals surface area contributed by atoms with Crippen molar-refractivity contribution in [2.24, 2.45) is 0 Å². The Balaban J connectivity index is 2.30. The van der Waals surface area contributed by atoms with Gasteiger partial charge in [0.05, 0.1) is 7.11 Å². The third-order valence-electron chi connectivity index (χ3n) is 5.07. The summed E-state index contributed by atoms with van der Waals surface area (Å²) in [5, 5.41) is 0. The van der Waals surface area contributed by atoms with E-state index >= 15 is 0 Å². The summed E-state index contributed by atoms with van der Waals surface area (Å²) in [6.07, 6.45) is 2.65. The average Bonchev–Trinajstić information content (AvgIpc) is 2.57. The predicted molar refractivity (Wildman–Crippen MR) is 95.4 cm³/mol. The highest BCUT2D eigenvalue weighted by Crippen LogP contribution is 2.44. The van der Waals surface area contributed by atoms with Crippen LogP contribution in [0.3, 0.4) is 0 Å². The van der Waals surface area contributed by atoms with Crippen LogP contribution in [0.25, 0.3) is 0 Å². The van der Waals surface area contributed by atoms with Crippen molar-refractivity contribution in [2.75, 3.05) is 13.7 Å². The van der Waals surface area contributed by atoms with Crippen LogP contribution in [0, 0.1) is 20.8 Å². The molecule has 1 atom stereocenters. The van der Waals surface area contributed by atoms with Gasteiger partial charge in [-0.05, 0) is 70.6 Å². The van der Waals surface area contributed by atoms with Crippen molar-refractivity contribution in [1.82, 2.24) is 0 Å². The molecular weight excluding hydrogens is 320 g/mol. The fraction of sp³-hybridized carbons (Fsp3) is 0.600. The molecule has 0 saturated carbocycles. The summed E-state index contributed by atoms with van der Waals surface area (Å²) >= 11 is 0. The van der Waals surface area contributed by atoms with E-state index in [1.54, 1.807) is 0 Å². The van der Waals surface area contributed by atoms with Crippen molar-refractivity contribution < 1.29 is 23.8 Å². The Kier molecular flexibility index (Phi) is 5.76. The second-order valence-electron chi connectivity index (χ2n) is 7.13. The maximum atomic E-state index is 11.5. The highest BCUT2D eigenvalue weighted by Gasteiger charge is 2.35. The first kappa shape index (κ1) is 19.3. The van der Waals surface area contributed by atoms with Crippen LogP contribution in [0.2, 0.25) is 0 Å². The Hall–Kier alpha value is -2.04. The zero-order chi connectivity index (χ0) is 18.8. The number of rotatable bonds is 6. The Bertz CT molecular complexity index is 692. The molecule has 0 N–H and O–H groups in total. The summed E-state index contributed by atoms with van der Waals surface area (Å²) in [6.45, 7) is 9.66. The second-order valence-corrected chi connectivity index (χ2v) is 7.13. The molecule has 0 amide bonds. The van der Waals surface area contributed by atoms with E-state index in [2.05, 4.69) is 0 Å². The Labute approximate surface area is 149 Å². The number of esters is 1. The number of Topliss-reactive ketones (excluding diaryl/α,β-unsaturated/α-hetero) is 1. The third kappa shape index (κ3) is 4.14. The van der Waals surface area contributed by atoms with Crippen LogP contribution in [0.5, 0.6) is 11.5 Å². The highest BCUT2D eigenvalue weighted by molar-refractivity contribution is 5.77. The molecule has 5 heteroatoms. The Morgan fingerprint density at radius 3 is 2.44 bits per heavy atom. The molecule has 0 bridgehead atoms. The van der Waals surface area contributed by atoms with Crippen molar-refractivity contribution in [3.63, 3.8) is 0 Å². The Morgan fingerprint density at radius 1 is 1.16 bits per heavy atom. The number of fused-ring (bicyclic) bond motifs is 1. The van der Waals surface area contributed by atoms with E-state index < -0.39 is 0 Å². The first-order valence-corrected chi connectivity index (χ1v) is 8.69. The van der Waals surface area contributed by atoms with Gasteiger partial charge in [0.2, 0.25) is 0 Å².